The van der Waals surface area contributed by atoms with Crippen LogP contribution in [0.1, 0.15) is 36.9 Å². The fourth-order valence-corrected chi connectivity index (χ4v) is 5.56. The predicted octanol–water partition coefficient (Wildman–Crippen LogP) is 5.75. The van der Waals surface area contributed by atoms with Crippen LogP contribution in [-0.4, -0.2) is 28.2 Å². The van der Waals surface area contributed by atoms with Gasteiger partial charge >= 0.3 is 0 Å². The van der Waals surface area contributed by atoms with Gasteiger partial charge in [0.05, 0.1) is 4.47 Å². The van der Waals surface area contributed by atoms with E-state index in [0.717, 1.165) is 27.4 Å². The molecule has 0 atom stereocenters. The highest BCUT2D eigenvalue weighted by atomic mass is 79.9. The predicted molar refractivity (Wildman–Crippen MR) is 128 cm³/mol. The van der Waals surface area contributed by atoms with E-state index in [1.165, 1.54) is 10.4 Å². The summed E-state index contributed by atoms with van der Waals surface area (Å²) in [5, 5.41) is 6.00. The van der Waals surface area contributed by atoms with Gasteiger partial charge in [0.15, 0.2) is 0 Å². The highest BCUT2D eigenvalue weighted by Crippen LogP contribution is 2.30. The van der Waals surface area contributed by atoms with Crippen LogP contribution in [0.4, 0.5) is 5.69 Å². The average Bonchev–Trinajstić information content (AvgIpc) is 3.39. The third-order valence-electron chi connectivity index (χ3n) is 5.78. The van der Waals surface area contributed by atoms with E-state index in [-0.39, 0.29) is 11.8 Å². The number of nitrogens with zero attached hydrogens (tertiary/aromatic N) is 1. The second-order valence-corrected chi connectivity index (χ2v) is 9.43. The third kappa shape index (κ3) is 3.58. The number of anilines is 1. The summed E-state index contributed by atoms with van der Waals surface area (Å²) in [4.78, 5) is 32.6. The van der Waals surface area contributed by atoms with Crippen LogP contribution in [0.15, 0.2) is 58.4 Å². The Kier molecular flexibility index (Phi) is 5.16. The molecule has 1 aliphatic rings. The summed E-state index contributed by atoms with van der Waals surface area (Å²) >= 11 is 5.29. The Morgan fingerprint density at radius 3 is 2.81 bits per heavy atom. The molecular weight excluding hydrogens is 474 g/mol. The average molecular weight is 494 g/mol. The Hall–Kier alpha value is -2.90. The zero-order valence-corrected chi connectivity index (χ0v) is 19.3. The van der Waals surface area contributed by atoms with Crippen LogP contribution in [-0.2, 0) is 13.0 Å². The maximum absolute atomic E-state index is 13.2. The molecule has 2 aromatic heterocycles. The molecule has 0 spiro atoms. The quantitative estimate of drug-likeness (QED) is 0.381. The molecule has 1 aliphatic heterocycles. The van der Waals surface area contributed by atoms with Crippen LogP contribution in [0.5, 0.6) is 0 Å². The van der Waals surface area contributed by atoms with E-state index >= 15 is 0 Å². The maximum atomic E-state index is 13.2. The summed E-state index contributed by atoms with van der Waals surface area (Å²) in [5.74, 6) is -0.256. The van der Waals surface area contributed by atoms with Crippen molar-refractivity contribution < 1.29 is 9.59 Å². The molecule has 0 bridgehead atoms. The van der Waals surface area contributed by atoms with Gasteiger partial charge < -0.3 is 15.2 Å². The number of hydrogen-bond acceptors (Lipinski definition) is 3. The highest BCUT2D eigenvalue weighted by molar-refractivity contribution is 9.10. The number of hydrogen-bond donors (Lipinski definition) is 2. The zero-order chi connectivity index (χ0) is 21.5. The number of aromatic nitrogens is 1. The Bertz CT molecular complexity index is 1320. The second kappa shape index (κ2) is 7.98. The molecule has 156 valence electrons. The SMILES string of the molecule is Cc1c(NC(=O)c2[nH]c3ccccc3c2Br)cccc1C(=O)N1CCc2sccc2C1. The van der Waals surface area contributed by atoms with Gasteiger partial charge in [0.25, 0.3) is 11.8 Å². The van der Waals surface area contributed by atoms with Gasteiger partial charge in [-0.05, 0) is 70.0 Å². The number of halogens is 1. The summed E-state index contributed by atoms with van der Waals surface area (Å²) < 4.78 is 0.727. The van der Waals surface area contributed by atoms with E-state index in [2.05, 4.69) is 37.7 Å². The minimum absolute atomic E-state index is 0.00255. The van der Waals surface area contributed by atoms with E-state index < -0.39 is 0 Å². The van der Waals surface area contributed by atoms with E-state index in [0.29, 0.717) is 30.0 Å². The lowest BCUT2D eigenvalue weighted by molar-refractivity contribution is 0.0735. The van der Waals surface area contributed by atoms with Crippen LogP contribution in [0.25, 0.3) is 10.9 Å². The Morgan fingerprint density at radius 2 is 1.97 bits per heavy atom. The van der Waals surface area contributed by atoms with Crippen molar-refractivity contribution in [3.8, 4) is 0 Å². The Balaban J connectivity index is 1.40. The van der Waals surface area contributed by atoms with Crippen LogP contribution >= 0.6 is 27.3 Å². The number of carbonyl (C=O) groups excluding carboxylic acids is 2. The minimum Gasteiger partial charge on any atom is -0.350 e. The van der Waals surface area contributed by atoms with Crippen molar-refractivity contribution in [1.29, 1.82) is 0 Å². The minimum atomic E-state index is -0.253. The standard InChI is InChI=1S/C24H20BrN3O2S/c1-14-16(24(30)28-11-9-20-15(13-28)10-12-31-20)6-4-8-18(14)27-23(29)22-21(25)17-5-2-3-7-19(17)26-22/h2-8,10,12,26H,9,11,13H2,1H3,(H,27,29). The molecule has 0 saturated carbocycles. The lowest BCUT2D eigenvalue weighted by atomic mass is 10.0. The molecule has 3 heterocycles. The van der Waals surface area contributed by atoms with Gasteiger partial charge in [-0.3, -0.25) is 9.59 Å². The molecule has 0 fully saturated rings. The molecule has 4 aromatic rings. The van der Waals surface area contributed by atoms with Gasteiger partial charge in [-0.15, -0.1) is 11.3 Å². The Morgan fingerprint density at radius 1 is 1.13 bits per heavy atom. The first-order chi connectivity index (χ1) is 15.0. The molecule has 2 aromatic carbocycles. The van der Waals surface area contributed by atoms with Crippen LogP contribution in [0, 0.1) is 6.92 Å². The second-order valence-electron chi connectivity index (χ2n) is 7.64. The summed E-state index contributed by atoms with van der Waals surface area (Å²) in [6.07, 6.45) is 0.891. The van der Waals surface area contributed by atoms with Gasteiger partial charge in [0, 0.05) is 40.1 Å². The number of fused-ring (bicyclic) bond motifs is 2. The number of amides is 2. The largest absolute Gasteiger partial charge is 0.350 e. The van der Waals surface area contributed by atoms with Gasteiger partial charge in [-0.1, -0.05) is 24.3 Å². The Labute approximate surface area is 192 Å². The van der Waals surface area contributed by atoms with Crippen molar-refractivity contribution in [2.45, 2.75) is 19.9 Å². The topological polar surface area (TPSA) is 65.2 Å². The maximum Gasteiger partial charge on any atom is 0.273 e. The molecule has 0 unspecified atom stereocenters. The molecule has 7 heteroatoms. The number of H-pyrrole nitrogens is 1. The highest BCUT2D eigenvalue weighted by Gasteiger charge is 2.25. The van der Waals surface area contributed by atoms with Crippen LogP contribution in [0.2, 0.25) is 0 Å². The van der Waals surface area contributed by atoms with E-state index in [9.17, 15) is 9.59 Å². The van der Waals surface area contributed by atoms with Gasteiger partial charge in [-0.2, -0.15) is 0 Å². The number of nitrogens with one attached hydrogen (secondary N) is 2. The normalized spacial score (nSPS) is 13.3. The van der Waals surface area contributed by atoms with Crippen molar-refractivity contribution >= 4 is 55.7 Å². The van der Waals surface area contributed by atoms with Crippen molar-refractivity contribution in [2.75, 3.05) is 11.9 Å². The number of thiophene rings is 1. The summed E-state index contributed by atoms with van der Waals surface area (Å²) in [7, 11) is 0. The van der Waals surface area contributed by atoms with Crippen molar-refractivity contribution in [3.63, 3.8) is 0 Å². The number of carbonyl (C=O) groups is 2. The first-order valence-corrected chi connectivity index (χ1v) is 11.7. The molecule has 5 nitrogen and oxygen atoms in total. The summed E-state index contributed by atoms with van der Waals surface area (Å²) in [6.45, 7) is 3.23. The number of aromatic amines is 1. The van der Waals surface area contributed by atoms with Gasteiger partial charge in [0.1, 0.15) is 5.69 Å². The first-order valence-electron chi connectivity index (χ1n) is 10.0. The van der Waals surface area contributed by atoms with E-state index in [1.54, 1.807) is 11.3 Å². The molecule has 31 heavy (non-hydrogen) atoms. The number of para-hydroxylation sites is 1. The number of rotatable bonds is 3. The summed E-state index contributed by atoms with van der Waals surface area (Å²) in [5.41, 5.74) is 4.60. The third-order valence-corrected chi connectivity index (χ3v) is 7.62. The van der Waals surface area contributed by atoms with Crippen LogP contribution < -0.4 is 5.32 Å². The first kappa shape index (κ1) is 20.0. The lowest BCUT2D eigenvalue weighted by Crippen LogP contribution is -2.35. The summed E-state index contributed by atoms with van der Waals surface area (Å²) in [6, 6.07) is 15.3. The fraction of sp³-hybridized carbons (Fsp3) is 0.167. The molecule has 5 rings (SSSR count). The van der Waals surface area contributed by atoms with Crippen molar-refractivity contribution in [1.82, 2.24) is 9.88 Å². The zero-order valence-electron chi connectivity index (χ0n) is 16.9. The number of benzene rings is 2. The molecule has 0 radical (unpaired) electrons. The van der Waals surface area contributed by atoms with Crippen LogP contribution in [0.3, 0.4) is 0 Å². The van der Waals surface area contributed by atoms with Gasteiger partial charge in [0.2, 0.25) is 0 Å². The molecule has 2 amide bonds. The van der Waals surface area contributed by atoms with E-state index in [1.807, 2.05) is 54.3 Å². The molecule has 2 N–H and O–H groups in total. The van der Waals surface area contributed by atoms with E-state index in [4.69, 9.17) is 0 Å². The monoisotopic (exact) mass is 493 g/mol. The smallest absolute Gasteiger partial charge is 0.273 e. The molecular formula is C24H20BrN3O2S. The van der Waals surface area contributed by atoms with Gasteiger partial charge in [-0.25, -0.2) is 0 Å². The van der Waals surface area contributed by atoms with Crippen molar-refractivity contribution in [3.05, 3.63) is 85.6 Å². The molecule has 0 aliphatic carbocycles. The lowest BCUT2D eigenvalue weighted by Gasteiger charge is -2.28. The molecule has 0 saturated heterocycles. The fourth-order valence-electron chi connectivity index (χ4n) is 4.04. The van der Waals surface area contributed by atoms with Crippen molar-refractivity contribution in [2.24, 2.45) is 0 Å².